The maximum absolute atomic E-state index is 13.3. The quantitative estimate of drug-likeness (QED) is 0.292. The number of hydrogen-bond donors (Lipinski definition) is 1. The zero-order chi connectivity index (χ0) is 26.0. The summed E-state index contributed by atoms with van der Waals surface area (Å²) in [6.45, 7) is 5.91. The molecule has 1 unspecified atom stereocenters. The Kier molecular flexibility index (Phi) is 7.10. The lowest BCUT2D eigenvalue weighted by molar-refractivity contribution is -0.140. The third kappa shape index (κ3) is 4.96. The highest BCUT2D eigenvalue weighted by atomic mass is 16.5. The van der Waals surface area contributed by atoms with Gasteiger partial charge in [0.25, 0.3) is 11.7 Å². The monoisotopic (exact) mass is 485 g/mol. The van der Waals surface area contributed by atoms with Crippen molar-refractivity contribution in [2.45, 2.75) is 39.5 Å². The average molecular weight is 486 g/mol. The smallest absolute Gasteiger partial charge is 0.296 e. The number of benzene rings is 2. The predicted octanol–water partition coefficient (Wildman–Crippen LogP) is 4.87. The molecule has 1 saturated heterocycles. The topological polar surface area (TPSA) is 83.0 Å². The summed E-state index contributed by atoms with van der Waals surface area (Å²) in [7, 11) is 3.88. The number of rotatable bonds is 7. The fourth-order valence-electron chi connectivity index (χ4n) is 4.35. The Balaban J connectivity index is 1.83. The van der Waals surface area contributed by atoms with Crippen molar-refractivity contribution in [3.63, 3.8) is 0 Å². The number of ketones is 1. The Labute approximate surface area is 211 Å². The molecule has 2 aromatic carbocycles. The molecule has 1 fully saturated rings. The standard InChI is InChI=1S/C29H31N3O4/c1-18(2)36-24-14-11-21(16-19(24)3)27(33)25-26(20-9-12-23(13-10-20)31(4)5)32(29(35)28(25)34)17-22-8-6-7-15-30-22/h6-16,18,26,33H,17H2,1-5H3/b27-25-. The van der Waals surface area contributed by atoms with Crippen LogP contribution in [0.4, 0.5) is 5.69 Å². The molecule has 1 aliphatic heterocycles. The van der Waals surface area contributed by atoms with Gasteiger partial charge in [0.2, 0.25) is 0 Å². The Morgan fingerprint density at radius 3 is 2.39 bits per heavy atom. The summed E-state index contributed by atoms with van der Waals surface area (Å²) >= 11 is 0. The number of hydrogen-bond acceptors (Lipinski definition) is 6. The summed E-state index contributed by atoms with van der Waals surface area (Å²) in [5, 5.41) is 11.4. The molecule has 7 nitrogen and oxygen atoms in total. The molecule has 0 saturated carbocycles. The van der Waals surface area contributed by atoms with E-state index in [9.17, 15) is 14.7 Å². The second-order valence-electron chi connectivity index (χ2n) is 9.38. The predicted molar refractivity (Wildman–Crippen MR) is 140 cm³/mol. The molecule has 1 amide bonds. The SMILES string of the molecule is Cc1cc(/C(O)=C2/C(=O)C(=O)N(Cc3ccccn3)C2c2ccc(N(C)C)cc2)ccc1OC(C)C. The number of amides is 1. The van der Waals surface area contributed by atoms with E-state index in [0.717, 1.165) is 16.8 Å². The van der Waals surface area contributed by atoms with E-state index in [1.54, 1.807) is 30.5 Å². The van der Waals surface area contributed by atoms with Gasteiger partial charge in [-0.3, -0.25) is 14.6 Å². The first-order valence-corrected chi connectivity index (χ1v) is 11.9. The minimum atomic E-state index is -0.755. The van der Waals surface area contributed by atoms with Crippen molar-refractivity contribution in [3.8, 4) is 5.75 Å². The Morgan fingerprint density at radius 1 is 1.08 bits per heavy atom. The number of pyridine rings is 1. The summed E-state index contributed by atoms with van der Waals surface area (Å²) in [5.74, 6) is -0.892. The van der Waals surface area contributed by atoms with Gasteiger partial charge < -0.3 is 19.6 Å². The Bertz CT molecular complexity index is 1300. The molecular weight excluding hydrogens is 454 g/mol. The number of nitrogens with zero attached hydrogens (tertiary/aromatic N) is 3. The van der Waals surface area contributed by atoms with Gasteiger partial charge >= 0.3 is 0 Å². The lowest BCUT2D eigenvalue weighted by atomic mass is 9.94. The fourth-order valence-corrected chi connectivity index (χ4v) is 4.35. The first-order valence-electron chi connectivity index (χ1n) is 11.9. The van der Waals surface area contributed by atoms with E-state index < -0.39 is 17.7 Å². The second kappa shape index (κ2) is 10.2. The van der Waals surface area contributed by atoms with Gasteiger partial charge in [-0.05, 0) is 74.4 Å². The van der Waals surface area contributed by atoms with Crippen molar-refractivity contribution in [2.24, 2.45) is 0 Å². The van der Waals surface area contributed by atoms with Crippen molar-refractivity contribution in [3.05, 3.63) is 94.8 Å². The average Bonchev–Trinajstić information content (AvgIpc) is 3.10. The maximum Gasteiger partial charge on any atom is 0.296 e. The van der Waals surface area contributed by atoms with Gasteiger partial charge in [0, 0.05) is 31.5 Å². The first kappa shape index (κ1) is 25.0. The molecule has 1 aliphatic rings. The summed E-state index contributed by atoms with van der Waals surface area (Å²) in [6.07, 6.45) is 1.65. The normalized spacial score (nSPS) is 17.1. The molecule has 36 heavy (non-hydrogen) atoms. The number of aromatic nitrogens is 1. The number of aliphatic hydroxyl groups excluding tert-OH is 1. The van der Waals surface area contributed by atoms with Gasteiger partial charge in [-0.2, -0.15) is 0 Å². The molecule has 1 atom stereocenters. The van der Waals surface area contributed by atoms with Gasteiger partial charge in [0.1, 0.15) is 11.5 Å². The third-order valence-corrected chi connectivity index (χ3v) is 6.13. The summed E-state index contributed by atoms with van der Waals surface area (Å²) in [5.41, 5.74) is 3.70. The van der Waals surface area contributed by atoms with Gasteiger partial charge in [-0.15, -0.1) is 0 Å². The lowest BCUT2D eigenvalue weighted by Crippen LogP contribution is -2.29. The molecule has 186 valence electrons. The minimum absolute atomic E-state index is 0.00482. The van der Waals surface area contributed by atoms with Crippen molar-refractivity contribution in [1.29, 1.82) is 0 Å². The van der Waals surface area contributed by atoms with Crippen molar-refractivity contribution < 1.29 is 19.4 Å². The molecule has 0 bridgehead atoms. The third-order valence-electron chi connectivity index (χ3n) is 6.13. The molecule has 1 aromatic heterocycles. The van der Waals surface area contributed by atoms with Gasteiger partial charge in [-0.1, -0.05) is 18.2 Å². The Hall–Kier alpha value is -4.13. The molecule has 0 aliphatic carbocycles. The van der Waals surface area contributed by atoms with Crippen molar-refractivity contribution >= 4 is 23.1 Å². The van der Waals surface area contributed by atoms with Crippen LogP contribution in [-0.4, -0.2) is 46.9 Å². The Morgan fingerprint density at radius 2 is 1.81 bits per heavy atom. The van der Waals surface area contributed by atoms with Crippen LogP contribution >= 0.6 is 0 Å². The molecular formula is C29H31N3O4. The summed E-state index contributed by atoms with van der Waals surface area (Å²) < 4.78 is 5.81. The van der Waals surface area contributed by atoms with E-state index in [1.807, 2.05) is 76.2 Å². The largest absolute Gasteiger partial charge is 0.507 e. The van der Waals surface area contributed by atoms with Gasteiger partial charge in [0.15, 0.2) is 0 Å². The highest BCUT2D eigenvalue weighted by Gasteiger charge is 2.46. The fraction of sp³-hybridized carbons (Fsp3) is 0.276. The first-order chi connectivity index (χ1) is 17.2. The van der Waals surface area contributed by atoms with Crippen LogP contribution in [0.15, 0.2) is 72.4 Å². The molecule has 0 radical (unpaired) electrons. The van der Waals surface area contributed by atoms with Crippen LogP contribution in [0.3, 0.4) is 0 Å². The molecule has 3 aromatic rings. The second-order valence-corrected chi connectivity index (χ2v) is 9.38. The lowest BCUT2D eigenvalue weighted by Gasteiger charge is -2.25. The van der Waals surface area contributed by atoms with Crippen LogP contribution in [0.2, 0.25) is 0 Å². The van der Waals surface area contributed by atoms with E-state index >= 15 is 0 Å². The van der Waals surface area contributed by atoms with E-state index in [2.05, 4.69) is 4.98 Å². The van der Waals surface area contributed by atoms with Gasteiger partial charge in [-0.25, -0.2) is 0 Å². The van der Waals surface area contributed by atoms with E-state index in [0.29, 0.717) is 17.0 Å². The van der Waals surface area contributed by atoms with Crippen LogP contribution in [0.5, 0.6) is 5.75 Å². The summed E-state index contributed by atoms with van der Waals surface area (Å²) in [4.78, 5) is 34.3. The molecule has 1 N–H and O–H groups in total. The highest BCUT2D eigenvalue weighted by molar-refractivity contribution is 6.46. The number of aliphatic hydroxyl groups is 1. The zero-order valence-corrected chi connectivity index (χ0v) is 21.2. The molecule has 4 rings (SSSR count). The minimum Gasteiger partial charge on any atom is -0.507 e. The molecule has 7 heteroatoms. The maximum atomic E-state index is 13.3. The van der Waals surface area contributed by atoms with Crippen LogP contribution in [0, 0.1) is 6.92 Å². The van der Waals surface area contributed by atoms with Crippen LogP contribution in [0.1, 0.15) is 42.3 Å². The van der Waals surface area contributed by atoms with E-state index in [-0.39, 0.29) is 24.0 Å². The van der Waals surface area contributed by atoms with Crippen LogP contribution in [-0.2, 0) is 16.1 Å². The number of aryl methyl sites for hydroxylation is 1. The molecule has 0 spiro atoms. The van der Waals surface area contributed by atoms with Crippen molar-refractivity contribution in [1.82, 2.24) is 9.88 Å². The molecule has 2 heterocycles. The summed E-state index contributed by atoms with van der Waals surface area (Å²) in [6, 6.07) is 17.6. The number of Topliss-reactive ketones (excluding diaryl/α,β-unsaturated/α-hetero) is 1. The van der Waals surface area contributed by atoms with Gasteiger partial charge in [0.05, 0.1) is 30.0 Å². The number of anilines is 1. The highest BCUT2D eigenvalue weighted by Crippen LogP contribution is 2.41. The number of ether oxygens (including phenoxy) is 1. The number of carbonyl (C=O) groups is 2. The zero-order valence-electron chi connectivity index (χ0n) is 21.2. The number of likely N-dealkylation sites (tertiary alicyclic amines) is 1. The van der Waals surface area contributed by atoms with E-state index in [4.69, 9.17) is 4.74 Å². The number of carbonyl (C=O) groups excluding carboxylic acids is 2. The van der Waals surface area contributed by atoms with Crippen LogP contribution < -0.4 is 9.64 Å². The van der Waals surface area contributed by atoms with Crippen LogP contribution in [0.25, 0.3) is 5.76 Å². The van der Waals surface area contributed by atoms with Crippen molar-refractivity contribution in [2.75, 3.05) is 19.0 Å². The van der Waals surface area contributed by atoms with E-state index in [1.165, 1.54) is 4.90 Å².